The Hall–Kier alpha value is -2.04. The highest BCUT2D eigenvalue weighted by Crippen LogP contribution is 2.68. The summed E-state index contributed by atoms with van der Waals surface area (Å²) in [5.74, 6) is -0.830. The molecule has 212 valence electrons. The predicted octanol–water partition coefficient (Wildman–Crippen LogP) is 3.75. The molecule has 0 aromatic rings. The van der Waals surface area contributed by atoms with E-state index in [2.05, 4.69) is 6.92 Å². The molecule has 0 radical (unpaired) electrons. The van der Waals surface area contributed by atoms with Crippen molar-refractivity contribution in [1.82, 2.24) is 0 Å². The number of aliphatic hydroxyl groups is 1. The molecule has 0 saturated heterocycles. The fraction of sp³-hybridized carbons (Fsp3) is 0.750. The highest BCUT2D eigenvalue weighted by Gasteiger charge is 2.70. The number of hydrogen-bond acceptors (Lipinski definition) is 9. The first-order valence-electron chi connectivity index (χ1n) is 13.5. The number of carbonyl (C=O) groups is 3. The van der Waals surface area contributed by atoms with Crippen LogP contribution in [0.3, 0.4) is 0 Å². The van der Waals surface area contributed by atoms with E-state index < -0.39 is 51.2 Å². The highest BCUT2D eigenvalue weighted by molar-refractivity contribution is 7.86. The summed E-state index contributed by atoms with van der Waals surface area (Å²) in [7, 11) is -3.92. The first kappa shape index (κ1) is 29.0. The molecule has 10 heteroatoms. The molecule has 0 heterocycles. The van der Waals surface area contributed by atoms with E-state index in [0.29, 0.717) is 12.8 Å². The molecule has 4 aliphatic carbocycles. The quantitative estimate of drug-likeness (QED) is 0.353. The largest absolute Gasteiger partial charge is 0.509 e. The third kappa shape index (κ3) is 4.88. The Morgan fingerprint density at radius 3 is 2.61 bits per heavy atom. The van der Waals surface area contributed by atoms with Gasteiger partial charge in [-0.3, -0.25) is 13.8 Å². The zero-order valence-corrected chi connectivity index (χ0v) is 23.7. The molecule has 0 spiro atoms. The van der Waals surface area contributed by atoms with E-state index in [0.717, 1.165) is 24.7 Å². The summed E-state index contributed by atoms with van der Waals surface area (Å²) in [5.41, 5.74) is -2.13. The van der Waals surface area contributed by atoms with Crippen LogP contribution in [0.15, 0.2) is 23.8 Å². The average Bonchev–Trinajstić information content (AvgIpc) is 3.12. The predicted molar refractivity (Wildman–Crippen MR) is 138 cm³/mol. The van der Waals surface area contributed by atoms with Crippen LogP contribution >= 0.6 is 0 Å². The van der Waals surface area contributed by atoms with Crippen LogP contribution in [0, 0.1) is 34.5 Å². The monoisotopic (exact) mass is 552 g/mol. The Morgan fingerprint density at radius 1 is 1.24 bits per heavy atom. The Bertz CT molecular complexity index is 1160. The number of hydrogen-bond donors (Lipinski definition) is 1. The zero-order valence-electron chi connectivity index (χ0n) is 22.9. The topological polar surface area (TPSA) is 133 Å². The van der Waals surface area contributed by atoms with E-state index in [4.69, 9.17) is 13.7 Å². The van der Waals surface area contributed by atoms with Crippen molar-refractivity contribution >= 4 is 27.8 Å². The van der Waals surface area contributed by atoms with Gasteiger partial charge in [0.2, 0.25) is 5.78 Å². The van der Waals surface area contributed by atoms with E-state index in [1.54, 1.807) is 12.2 Å². The molecular formula is C28H40O9S. The summed E-state index contributed by atoms with van der Waals surface area (Å²) in [6.45, 7) is 7.18. The number of allylic oxidation sites excluding steroid dienone is 4. The molecule has 0 aromatic carbocycles. The molecule has 38 heavy (non-hydrogen) atoms. The van der Waals surface area contributed by atoms with Crippen LogP contribution in [0.2, 0.25) is 0 Å². The lowest BCUT2D eigenvalue weighted by atomic mass is 9.46. The molecule has 1 N–H and O–H groups in total. The van der Waals surface area contributed by atoms with Crippen molar-refractivity contribution in [2.75, 3.05) is 19.5 Å². The standard InChI is InChI=1S/C28H40O9S/c1-6-17(2)15-35-25(32)37-28(23(31)16-36-38(5,33)34)12-10-21-20-8-7-18-13-19(29)9-11-26(18,3)24(20)22(30)14-27(21,28)4/h9,11,13,17,20-22,24,30H,6-8,10,12,14-16H2,1-5H3/t17?,20-,21-,22?,24+,26-,27-,28-/m0/s1. The van der Waals surface area contributed by atoms with E-state index in [9.17, 15) is 27.9 Å². The Kier molecular flexibility index (Phi) is 7.75. The van der Waals surface area contributed by atoms with Gasteiger partial charge in [-0.1, -0.05) is 45.8 Å². The molecule has 3 saturated carbocycles. The minimum atomic E-state index is -3.92. The third-order valence-corrected chi connectivity index (χ3v) is 10.5. The Balaban J connectivity index is 1.69. The van der Waals surface area contributed by atoms with Crippen LogP contribution in [0.4, 0.5) is 4.79 Å². The van der Waals surface area contributed by atoms with Crippen molar-refractivity contribution in [3.63, 3.8) is 0 Å². The fourth-order valence-corrected chi connectivity index (χ4v) is 8.09. The molecule has 0 aromatic heterocycles. The van der Waals surface area contributed by atoms with Crippen LogP contribution in [-0.2, 0) is 33.4 Å². The molecular weight excluding hydrogens is 512 g/mol. The van der Waals surface area contributed by atoms with Gasteiger partial charge in [0.25, 0.3) is 10.1 Å². The van der Waals surface area contributed by atoms with Gasteiger partial charge in [-0.2, -0.15) is 8.42 Å². The second-order valence-corrected chi connectivity index (χ2v) is 13.8. The lowest BCUT2D eigenvalue weighted by molar-refractivity contribution is -0.183. The van der Waals surface area contributed by atoms with Gasteiger partial charge in [-0.05, 0) is 62.0 Å². The average molecular weight is 553 g/mol. The molecule has 4 aliphatic rings. The molecule has 0 bridgehead atoms. The van der Waals surface area contributed by atoms with Gasteiger partial charge < -0.3 is 14.6 Å². The van der Waals surface area contributed by atoms with E-state index in [-0.39, 0.29) is 48.9 Å². The van der Waals surface area contributed by atoms with Crippen molar-refractivity contribution in [3.05, 3.63) is 23.8 Å². The molecule has 8 atom stereocenters. The first-order valence-corrected chi connectivity index (χ1v) is 15.3. The van der Waals surface area contributed by atoms with Gasteiger partial charge in [0.15, 0.2) is 11.4 Å². The summed E-state index contributed by atoms with van der Waals surface area (Å²) < 4.78 is 39.5. The smallest absolute Gasteiger partial charge is 0.434 e. The van der Waals surface area contributed by atoms with Crippen LogP contribution < -0.4 is 0 Å². The van der Waals surface area contributed by atoms with Gasteiger partial charge in [0.1, 0.15) is 6.61 Å². The minimum Gasteiger partial charge on any atom is -0.434 e. The van der Waals surface area contributed by atoms with Crippen molar-refractivity contribution in [1.29, 1.82) is 0 Å². The van der Waals surface area contributed by atoms with E-state index in [1.165, 1.54) is 0 Å². The number of ether oxygens (including phenoxy) is 2. The minimum absolute atomic E-state index is 0.00832. The maximum absolute atomic E-state index is 13.7. The van der Waals surface area contributed by atoms with Gasteiger partial charge in [-0.15, -0.1) is 0 Å². The maximum Gasteiger partial charge on any atom is 0.509 e. The van der Waals surface area contributed by atoms with Crippen LogP contribution in [0.25, 0.3) is 0 Å². The number of carbonyl (C=O) groups excluding carboxylic acids is 3. The second kappa shape index (κ2) is 10.2. The summed E-state index contributed by atoms with van der Waals surface area (Å²) in [5, 5.41) is 11.6. The maximum atomic E-state index is 13.7. The molecule has 3 fully saturated rings. The van der Waals surface area contributed by atoms with Gasteiger partial charge in [-0.25, -0.2) is 4.79 Å². The number of ketones is 2. The lowest BCUT2D eigenvalue weighted by Gasteiger charge is -2.59. The van der Waals surface area contributed by atoms with Crippen LogP contribution in [0.5, 0.6) is 0 Å². The lowest BCUT2D eigenvalue weighted by Crippen LogP contribution is -2.63. The van der Waals surface area contributed by atoms with Crippen molar-refractivity contribution in [2.45, 2.75) is 77.9 Å². The molecule has 2 unspecified atom stereocenters. The summed E-state index contributed by atoms with van der Waals surface area (Å²) in [6.07, 6.45) is 7.33. The van der Waals surface area contributed by atoms with Crippen molar-refractivity contribution < 1.29 is 41.6 Å². The molecule has 0 amide bonds. The third-order valence-electron chi connectivity index (χ3n) is 9.91. The van der Waals surface area contributed by atoms with Gasteiger partial charge in [0, 0.05) is 16.7 Å². The van der Waals surface area contributed by atoms with Crippen LogP contribution in [0.1, 0.15) is 66.2 Å². The Labute approximate surface area is 225 Å². The van der Waals surface area contributed by atoms with E-state index in [1.807, 2.05) is 26.8 Å². The number of aliphatic hydroxyl groups excluding tert-OH is 1. The Morgan fingerprint density at radius 2 is 1.95 bits per heavy atom. The molecule has 9 nitrogen and oxygen atoms in total. The first-order chi connectivity index (χ1) is 17.7. The van der Waals surface area contributed by atoms with Gasteiger partial charge in [0.05, 0.1) is 19.0 Å². The van der Waals surface area contributed by atoms with Crippen LogP contribution in [-0.4, -0.2) is 62.4 Å². The van der Waals surface area contributed by atoms with Crippen molar-refractivity contribution in [3.8, 4) is 0 Å². The summed E-state index contributed by atoms with van der Waals surface area (Å²) in [6, 6.07) is 0. The van der Waals surface area contributed by atoms with Crippen molar-refractivity contribution in [2.24, 2.45) is 34.5 Å². The number of fused-ring (bicyclic) bond motifs is 5. The van der Waals surface area contributed by atoms with Gasteiger partial charge >= 0.3 is 6.16 Å². The summed E-state index contributed by atoms with van der Waals surface area (Å²) in [4.78, 5) is 38.7. The van der Waals surface area contributed by atoms with E-state index >= 15 is 0 Å². The fourth-order valence-electron chi connectivity index (χ4n) is 7.77. The normalized spacial score (nSPS) is 38.9. The molecule has 0 aliphatic heterocycles. The zero-order chi connectivity index (χ0) is 28.1. The second-order valence-electron chi connectivity index (χ2n) is 12.1. The summed E-state index contributed by atoms with van der Waals surface area (Å²) >= 11 is 0. The number of Topliss-reactive ketones (excluding diaryl/α,β-unsaturated/α-hetero) is 1. The SMILES string of the molecule is CCC(C)COC(=O)O[C@]1(C(=O)COS(C)(=O)=O)CC[C@H]2[C@@H]3CCC4=CC(=O)C=C[C@]4(C)[C@H]3C(O)C[C@@]21C. The number of rotatable bonds is 8. The molecule has 4 rings (SSSR count). The highest BCUT2D eigenvalue weighted by atomic mass is 32.2.